The third kappa shape index (κ3) is 4.45. The molecule has 0 spiro atoms. The molecule has 1 aliphatic rings. The summed E-state index contributed by atoms with van der Waals surface area (Å²) in [4.78, 5) is 37.1. The van der Waals surface area contributed by atoms with Gasteiger partial charge < -0.3 is 14.8 Å². The Kier molecular flexibility index (Phi) is 6.68. The number of nitro groups is 1. The molecule has 150 valence electrons. The summed E-state index contributed by atoms with van der Waals surface area (Å²) in [5.74, 6) is -0.659. The lowest BCUT2D eigenvalue weighted by Crippen LogP contribution is -2.51. The van der Waals surface area contributed by atoms with Crippen molar-refractivity contribution >= 4 is 35.1 Å². The van der Waals surface area contributed by atoms with E-state index in [1.807, 2.05) is 0 Å². The number of allylic oxidation sites excluding steroid dienone is 1. The lowest BCUT2D eigenvalue weighted by molar-refractivity contribution is -0.384. The molecule has 0 aliphatic carbocycles. The number of amides is 1. The molecule has 1 amide bonds. The second-order valence-electron chi connectivity index (χ2n) is 6.25. The van der Waals surface area contributed by atoms with Crippen molar-refractivity contribution in [3.8, 4) is 0 Å². The molecule has 28 heavy (non-hydrogen) atoms. The topological polar surface area (TPSA) is 111 Å². The third-order valence-corrected chi connectivity index (χ3v) is 4.17. The van der Waals surface area contributed by atoms with Gasteiger partial charge >= 0.3 is 12.1 Å². The summed E-state index contributed by atoms with van der Waals surface area (Å²) in [6, 6.07) is 4.64. The van der Waals surface area contributed by atoms with E-state index in [2.05, 4.69) is 5.32 Å². The molecule has 1 atom stereocenters. The predicted molar refractivity (Wildman–Crippen MR) is 104 cm³/mol. The molecule has 0 bridgehead atoms. The second-order valence-corrected chi connectivity index (χ2v) is 6.63. The average Bonchev–Trinajstić information content (AvgIpc) is 2.60. The van der Waals surface area contributed by atoms with Crippen molar-refractivity contribution in [3.05, 3.63) is 51.2 Å². The minimum Gasteiger partial charge on any atom is -0.459 e. The monoisotopic (exact) mass is 407 g/mol. The molecular weight excluding hydrogens is 386 g/mol. The summed E-state index contributed by atoms with van der Waals surface area (Å²) in [5.41, 5.74) is 0.671. The smallest absolute Gasteiger partial charge is 0.416 e. The molecule has 0 saturated heterocycles. The van der Waals surface area contributed by atoms with Crippen LogP contribution < -0.4 is 5.32 Å². The number of nitrogens with zero attached hydrogens (tertiary/aromatic N) is 2. The van der Waals surface area contributed by atoms with Gasteiger partial charge in [-0.05, 0) is 45.5 Å². The summed E-state index contributed by atoms with van der Waals surface area (Å²) in [6.45, 7) is 6.74. The van der Waals surface area contributed by atoms with Crippen LogP contribution in [-0.4, -0.2) is 39.7 Å². The molecule has 0 unspecified atom stereocenters. The Morgan fingerprint density at radius 3 is 2.64 bits per heavy atom. The Balaban J connectivity index is 2.66. The molecule has 0 aromatic heterocycles. The van der Waals surface area contributed by atoms with Crippen LogP contribution in [0, 0.1) is 10.1 Å². The molecular formula is C18H21N3O6S. The quantitative estimate of drug-likeness (QED) is 0.343. The fourth-order valence-corrected chi connectivity index (χ4v) is 3.12. The lowest BCUT2D eigenvalue weighted by atomic mass is 9.94. The molecule has 0 saturated carbocycles. The first-order chi connectivity index (χ1) is 13.2. The van der Waals surface area contributed by atoms with Crippen LogP contribution in [-0.2, 0) is 14.3 Å². The van der Waals surface area contributed by atoms with E-state index in [9.17, 15) is 19.7 Å². The maximum atomic E-state index is 12.8. The van der Waals surface area contributed by atoms with Gasteiger partial charge in [0.05, 0.1) is 23.2 Å². The van der Waals surface area contributed by atoms with Crippen LogP contribution in [0.3, 0.4) is 0 Å². The second kappa shape index (κ2) is 8.79. The Labute approximate surface area is 167 Å². The minimum atomic E-state index is -1.03. The highest BCUT2D eigenvalue weighted by Crippen LogP contribution is 2.36. The highest BCUT2D eigenvalue weighted by molar-refractivity contribution is 7.80. The van der Waals surface area contributed by atoms with E-state index in [-0.39, 0.29) is 23.0 Å². The van der Waals surface area contributed by atoms with Crippen molar-refractivity contribution in [2.75, 3.05) is 6.61 Å². The third-order valence-electron chi connectivity index (χ3n) is 3.87. The van der Waals surface area contributed by atoms with E-state index in [1.165, 1.54) is 18.2 Å². The number of rotatable bonds is 5. The van der Waals surface area contributed by atoms with Gasteiger partial charge in [0, 0.05) is 17.8 Å². The van der Waals surface area contributed by atoms with Crippen LogP contribution in [0.15, 0.2) is 35.5 Å². The average molecular weight is 407 g/mol. The van der Waals surface area contributed by atoms with Crippen molar-refractivity contribution in [2.45, 2.75) is 39.8 Å². The van der Waals surface area contributed by atoms with E-state index in [0.717, 1.165) is 4.90 Å². The number of carbonyl (C=O) groups excluding carboxylic acids is 2. The fraction of sp³-hybridized carbons (Fsp3) is 0.389. The standard InChI is InChI=1S/C18H21N3O6S/c1-5-26-18(23)20-15(12-7-6-8-13(9-12)21(24)25)14(11(4)19-17(20)28)16(22)27-10(2)3/h6-10,15H,5H2,1-4H3,(H,19,28)/t15-/m0/s1. The van der Waals surface area contributed by atoms with Crippen LogP contribution in [0.5, 0.6) is 0 Å². The molecule has 9 nitrogen and oxygen atoms in total. The van der Waals surface area contributed by atoms with Crippen molar-refractivity contribution in [3.63, 3.8) is 0 Å². The zero-order chi connectivity index (χ0) is 21.0. The SMILES string of the molecule is CCOC(=O)N1C(=S)NC(C)=C(C(=O)OC(C)C)[C@@H]1c1cccc([N+](=O)[O-])c1. The number of hydrogen-bond donors (Lipinski definition) is 1. The number of hydrogen-bond acceptors (Lipinski definition) is 7. The number of esters is 1. The fourth-order valence-electron chi connectivity index (χ4n) is 2.79. The first-order valence-corrected chi connectivity index (χ1v) is 9.01. The number of nitro benzene ring substituents is 1. The molecule has 1 aliphatic heterocycles. The molecule has 1 aromatic rings. The van der Waals surface area contributed by atoms with E-state index < -0.39 is 29.1 Å². The number of thiocarbonyl (C=S) groups is 1. The zero-order valence-corrected chi connectivity index (χ0v) is 16.7. The number of benzene rings is 1. The Morgan fingerprint density at radius 2 is 2.07 bits per heavy atom. The van der Waals surface area contributed by atoms with E-state index in [1.54, 1.807) is 33.8 Å². The van der Waals surface area contributed by atoms with Crippen LogP contribution in [0.1, 0.15) is 39.3 Å². The van der Waals surface area contributed by atoms with Crippen LogP contribution in [0.2, 0.25) is 0 Å². The number of ether oxygens (including phenoxy) is 2. The largest absolute Gasteiger partial charge is 0.459 e. The molecule has 1 aromatic carbocycles. The van der Waals surface area contributed by atoms with Crippen LogP contribution in [0.4, 0.5) is 10.5 Å². The van der Waals surface area contributed by atoms with Gasteiger partial charge in [-0.25, -0.2) is 14.5 Å². The summed E-state index contributed by atoms with van der Waals surface area (Å²) in [7, 11) is 0. The van der Waals surface area contributed by atoms with Crippen molar-refractivity contribution in [1.82, 2.24) is 10.2 Å². The van der Waals surface area contributed by atoms with Gasteiger partial charge in [0.1, 0.15) is 6.04 Å². The summed E-state index contributed by atoms with van der Waals surface area (Å²) in [5, 5.41) is 14.0. The first kappa shape index (κ1) is 21.3. The van der Waals surface area contributed by atoms with Gasteiger partial charge in [0.15, 0.2) is 5.11 Å². The van der Waals surface area contributed by atoms with Gasteiger partial charge in [0.25, 0.3) is 5.69 Å². The molecule has 1 N–H and O–H groups in total. The summed E-state index contributed by atoms with van der Waals surface area (Å²) >= 11 is 5.28. The maximum Gasteiger partial charge on any atom is 0.416 e. The van der Waals surface area contributed by atoms with Gasteiger partial charge in [-0.1, -0.05) is 12.1 Å². The predicted octanol–water partition coefficient (Wildman–Crippen LogP) is 3.21. The van der Waals surface area contributed by atoms with Crippen LogP contribution in [0.25, 0.3) is 0 Å². The number of nitrogens with one attached hydrogen (secondary N) is 1. The zero-order valence-electron chi connectivity index (χ0n) is 15.9. The maximum absolute atomic E-state index is 12.8. The molecule has 2 rings (SSSR count). The van der Waals surface area contributed by atoms with Gasteiger partial charge in [-0.3, -0.25) is 10.1 Å². The normalized spacial score (nSPS) is 16.7. The van der Waals surface area contributed by atoms with E-state index in [4.69, 9.17) is 21.7 Å². The molecule has 10 heteroatoms. The molecule has 0 fully saturated rings. The Bertz CT molecular complexity index is 851. The minimum absolute atomic E-state index is 0.0218. The van der Waals surface area contributed by atoms with Gasteiger partial charge in [-0.15, -0.1) is 0 Å². The van der Waals surface area contributed by atoms with E-state index >= 15 is 0 Å². The highest BCUT2D eigenvalue weighted by Gasteiger charge is 2.41. The highest BCUT2D eigenvalue weighted by atomic mass is 32.1. The molecule has 1 heterocycles. The Hall–Kier alpha value is -3.01. The Morgan fingerprint density at radius 1 is 1.39 bits per heavy atom. The first-order valence-electron chi connectivity index (χ1n) is 8.60. The number of non-ortho nitro benzene ring substituents is 1. The van der Waals surface area contributed by atoms with Gasteiger partial charge in [0.2, 0.25) is 0 Å². The van der Waals surface area contributed by atoms with Crippen molar-refractivity contribution in [2.24, 2.45) is 0 Å². The lowest BCUT2D eigenvalue weighted by Gasteiger charge is -2.37. The molecule has 0 radical (unpaired) electrons. The number of carbonyl (C=O) groups is 2. The summed E-state index contributed by atoms with van der Waals surface area (Å²) in [6.07, 6.45) is -1.18. The van der Waals surface area contributed by atoms with Gasteiger partial charge in [-0.2, -0.15) is 0 Å². The van der Waals surface area contributed by atoms with Crippen molar-refractivity contribution < 1.29 is 24.0 Å². The summed E-state index contributed by atoms with van der Waals surface area (Å²) < 4.78 is 10.4. The van der Waals surface area contributed by atoms with Crippen molar-refractivity contribution in [1.29, 1.82) is 0 Å². The van der Waals surface area contributed by atoms with E-state index in [0.29, 0.717) is 11.3 Å². The van der Waals surface area contributed by atoms with Crippen LogP contribution >= 0.6 is 12.2 Å².